The van der Waals surface area contributed by atoms with Gasteiger partial charge in [0.2, 0.25) is 5.78 Å². The van der Waals surface area contributed by atoms with Crippen LogP contribution >= 0.6 is 0 Å². The summed E-state index contributed by atoms with van der Waals surface area (Å²) in [6.45, 7) is 4.48. The van der Waals surface area contributed by atoms with E-state index in [1.807, 2.05) is 30.5 Å². The highest BCUT2D eigenvalue weighted by Gasteiger charge is 2.29. The number of anilines is 1. The lowest BCUT2D eigenvalue weighted by atomic mass is 10.0. The van der Waals surface area contributed by atoms with Crippen molar-refractivity contribution in [3.8, 4) is 11.3 Å². The predicted octanol–water partition coefficient (Wildman–Crippen LogP) is 2.79. The van der Waals surface area contributed by atoms with E-state index >= 15 is 0 Å². The zero-order valence-corrected chi connectivity index (χ0v) is 16.0. The van der Waals surface area contributed by atoms with E-state index in [0.29, 0.717) is 28.7 Å². The smallest absolute Gasteiger partial charge is 0.345 e. The zero-order valence-electron chi connectivity index (χ0n) is 16.0. The predicted molar refractivity (Wildman–Crippen MR) is 111 cm³/mol. The summed E-state index contributed by atoms with van der Waals surface area (Å²) in [6.07, 6.45) is 7.74. The SMILES string of the molecule is O=c1oc2cc(N3CCN4CCC3CC4)ccc2cc1-c1cn2cccnc2n1. The largest absolute Gasteiger partial charge is 0.422 e. The minimum atomic E-state index is -0.374. The Morgan fingerprint density at radius 2 is 1.97 bits per heavy atom. The second-order valence-electron chi connectivity index (χ2n) is 7.89. The van der Waals surface area contributed by atoms with Gasteiger partial charge >= 0.3 is 5.63 Å². The van der Waals surface area contributed by atoms with Crippen molar-refractivity contribution in [1.29, 1.82) is 0 Å². The number of rotatable bonds is 2. The van der Waals surface area contributed by atoms with Gasteiger partial charge in [0, 0.05) is 68.0 Å². The lowest BCUT2D eigenvalue weighted by Gasteiger charge is -2.33. The van der Waals surface area contributed by atoms with E-state index in [9.17, 15) is 4.79 Å². The number of aromatic nitrogens is 3. The van der Waals surface area contributed by atoms with Crippen LogP contribution < -0.4 is 10.5 Å². The van der Waals surface area contributed by atoms with Crippen LogP contribution in [0.3, 0.4) is 0 Å². The van der Waals surface area contributed by atoms with Crippen LogP contribution in [0.2, 0.25) is 0 Å². The highest BCUT2D eigenvalue weighted by molar-refractivity contribution is 5.84. The van der Waals surface area contributed by atoms with Crippen molar-refractivity contribution in [3.05, 3.63) is 59.3 Å². The summed E-state index contributed by atoms with van der Waals surface area (Å²) >= 11 is 0. The third-order valence-electron chi connectivity index (χ3n) is 6.22. The fourth-order valence-corrected chi connectivity index (χ4v) is 4.64. The lowest BCUT2D eigenvalue weighted by molar-refractivity contribution is 0.250. The lowest BCUT2D eigenvalue weighted by Crippen LogP contribution is -2.37. The van der Waals surface area contributed by atoms with Crippen molar-refractivity contribution in [2.45, 2.75) is 18.9 Å². The van der Waals surface area contributed by atoms with E-state index < -0.39 is 0 Å². The monoisotopic (exact) mass is 387 g/mol. The molecule has 1 aromatic carbocycles. The molecule has 0 aliphatic carbocycles. The van der Waals surface area contributed by atoms with Gasteiger partial charge in [-0.3, -0.25) is 4.40 Å². The van der Waals surface area contributed by atoms with Gasteiger partial charge in [-0.15, -0.1) is 0 Å². The van der Waals surface area contributed by atoms with Crippen LogP contribution in [0.5, 0.6) is 0 Å². The maximum atomic E-state index is 12.7. The standard InChI is InChI=1S/C22H21N5O2/c28-21-18(19-14-26-7-1-6-23-22(26)24-19)12-15-2-3-17(13-20(15)29-21)27-11-10-25-8-4-16(27)5-9-25/h1-3,6-7,12-14,16H,4-5,8-11H2. The number of imidazole rings is 1. The summed E-state index contributed by atoms with van der Waals surface area (Å²) in [5.41, 5.74) is 2.41. The van der Waals surface area contributed by atoms with Crippen LogP contribution in [-0.4, -0.2) is 51.5 Å². The molecular formula is C22H21N5O2. The Balaban J connectivity index is 1.41. The molecule has 0 spiro atoms. The summed E-state index contributed by atoms with van der Waals surface area (Å²) in [5, 5.41) is 0.899. The minimum Gasteiger partial charge on any atom is -0.422 e. The summed E-state index contributed by atoms with van der Waals surface area (Å²) in [7, 11) is 0. The normalized spacial score (nSPS) is 21.7. The van der Waals surface area contributed by atoms with Crippen molar-refractivity contribution in [3.63, 3.8) is 0 Å². The molecule has 3 saturated heterocycles. The average molecular weight is 387 g/mol. The van der Waals surface area contributed by atoms with Gasteiger partial charge in [0.1, 0.15) is 5.58 Å². The molecule has 4 aromatic rings. The van der Waals surface area contributed by atoms with E-state index in [2.05, 4.69) is 25.8 Å². The molecule has 0 radical (unpaired) electrons. The molecule has 146 valence electrons. The van der Waals surface area contributed by atoms with E-state index in [1.54, 1.807) is 16.8 Å². The number of fused-ring (bicyclic) bond motifs is 6. The van der Waals surface area contributed by atoms with Crippen LogP contribution in [0, 0.1) is 0 Å². The molecule has 0 atom stereocenters. The second kappa shape index (κ2) is 6.42. The molecule has 2 bridgehead atoms. The molecule has 3 fully saturated rings. The van der Waals surface area contributed by atoms with Gasteiger partial charge in [-0.25, -0.2) is 14.8 Å². The quantitative estimate of drug-likeness (QED) is 0.493. The summed E-state index contributed by atoms with van der Waals surface area (Å²) < 4.78 is 7.52. The Morgan fingerprint density at radius 1 is 1.07 bits per heavy atom. The first kappa shape index (κ1) is 16.7. The molecular weight excluding hydrogens is 366 g/mol. The van der Waals surface area contributed by atoms with Crippen LogP contribution in [0.4, 0.5) is 5.69 Å². The molecule has 7 rings (SSSR count). The molecule has 0 amide bonds. The van der Waals surface area contributed by atoms with Gasteiger partial charge in [-0.05, 0) is 37.1 Å². The van der Waals surface area contributed by atoms with Crippen molar-refractivity contribution >= 4 is 22.4 Å². The molecule has 0 saturated carbocycles. The zero-order chi connectivity index (χ0) is 19.4. The van der Waals surface area contributed by atoms with Crippen molar-refractivity contribution in [2.75, 3.05) is 31.1 Å². The van der Waals surface area contributed by atoms with Gasteiger partial charge < -0.3 is 14.2 Å². The first-order chi connectivity index (χ1) is 14.2. The summed E-state index contributed by atoms with van der Waals surface area (Å²) in [4.78, 5) is 26.4. The van der Waals surface area contributed by atoms with Crippen LogP contribution in [-0.2, 0) is 0 Å². The molecule has 6 heterocycles. The first-order valence-electron chi connectivity index (χ1n) is 10.1. The van der Waals surface area contributed by atoms with E-state index in [-0.39, 0.29) is 5.63 Å². The molecule has 0 N–H and O–H groups in total. The van der Waals surface area contributed by atoms with Crippen molar-refractivity contribution < 1.29 is 4.42 Å². The highest BCUT2D eigenvalue weighted by Crippen LogP contribution is 2.30. The molecule has 0 unspecified atom stereocenters. The van der Waals surface area contributed by atoms with Crippen molar-refractivity contribution in [1.82, 2.24) is 19.3 Å². The number of hydrogen-bond donors (Lipinski definition) is 0. The number of hydrogen-bond acceptors (Lipinski definition) is 6. The van der Waals surface area contributed by atoms with E-state index in [4.69, 9.17) is 4.42 Å². The maximum absolute atomic E-state index is 12.7. The molecule has 7 heteroatoms. The third-order valence-corrected chi connectivity index (χ3v) is 6.22. The van der Waals surface area contributed by atoms with Gasteiger partial charge in [0.15, 0.2) is 0 Å². The Hall–Kier alpha value is -3.19. The minimum absolute atomic E-state index is 0.374. The van der Waals surface area contributed by atoms with Crippen LogP contribution in [0.25, 0.3) is 28.0 Å². The number of piperidine rings is 1. The Labute approximate surface area is 167 Å². The molecule has 7 nitrogen and oxygen atoms in total. The maximum Gasteiger partial charge on any atom is 0.345 e. The van der Waals surface area contributed by atoms with E-state index in [1.165, 1.54) is 25.9 Å². The summed E-state index contributed by atoms with van der Waals surface area (Å²) in [6, 6.07) is 10.5. The Morgan fingerprint density at radius 3 is 2.83 bits per heavy atom. The fourth-order valence-electron chi connectivity index (χ4n) is 4.64. The van der Waals surface area contributed by atoms with Crippen LogP contribution in [0.1, 0.15) is 12.8 Å². The van der Waals surface area contributed by atoms with Gasteiger partial charge in [-0.1, -0.05) is 0 Å². The molecule has 3 aromatic heterocycles. The Bertz CT molecular complexity index is 1240. The number of benzene rings is 1. The van der Waals surface area contributed by atoms with Crippen molar-refractivity contribution in [2.24, 2.45) is 0 Å². The van der Waals surface area contributed by atoms with Crippen LogP contribution in [0.15, 0.2) is 58.1 Å². The average Bonchev–Trinajstić information content (AvgIpc) is 2.95. The highest BCUT2D eigenvalue weighted by atomic mass is 16.4. The first-order valence-corrected chi connectivity index (χ1v) is 10.1. The third kappa shape index (κ3) is 2.81. The molecule has 3 aliphatic heterocycles. The Kier molecular flexibility index (Phi) is 3.70. The molecule has 3 aliphatic rings. The van der Waals surface area contributed by atoms with E-state index in [0.717, 1.165) is 24.2 Å². The topological polar surface area (TPSA) is 66.9 Å². The number of nitrogens with zero attached hydrogens (tertiary/aromatic N) is 5. The molecule has 29 heavy (non-hydrogen) atoms. The fraction of sp³-hybridized carbons (Fsp3) is 0.318. The van der Waals surface area contributed by atoms with Gasteiger partial charge in [0.05, 0.1) is 11.3 Å². The van der Waals surface area contributed by atoms with Gasteiger partial charge in [0.25, 0.3) is 0 Å². The second-order valence-corrected chi connectivity index (χ2v) is 7.89. The summed E-state index contributed by atoms with van der Waals surface area (Å²) in [5.74, 6) is 0.559. The van der Waals surface area contributed by atoms with Gasteiger partial charge in [-0.2, -0.15) is 0 Å².